The molecule has 2 bridgehead atoms. The van der Waals surface area contributed by atoms with E-state index in [1.54, 1.807) is 6.33 Å². The van der Waals surface area contributed by atoms with Gasteiger partial charge in [0.2, 0.25) is 0 Å². The lowest BCUT2D eigenvalue weighted by atomic mass is 9.63. The Morgan fingerprint density at radius 1 is 1.21 bits per heavy atom. The monoisotopic (exact) mass is 444 g/mol. The number of rotatable bonds is 7. The number of hydrogen-bond donors (Lipinski definition) is 0. The van der Waals surface area contributed by atoms with Gasteiger partial charge in [0.25, 0.3) is 0 Å². The van der Waals surface area contributed by atoms with Gasteiger partial charge >= 0.3 is 0 Å². The molecule has 170 valence electrons. The molecule has 0 radical (unpaired) electrons. The number of pyridine rings is 1. The Bertz CT molecular complexity index is 1290. The van der Waals surface area contributed by atoms with Crippen LogP contribution in [0.25, 0.3) is 5.65 Å². The van der Waals surface area contributed by atoms with E-state index in [2.05, 4.69) is 41.3 Å². The van der Waals surface area contributed by atoms with Crippen molar-refractivity contribution in [2.45, 2.75) is 45.3 Å². The molecule has 1 aromatic carbocycles. The summed E-state index contributed by atoms with van der Waals surface area (Å²) in [5.74, 6) is 3.46. The zero-order valence-corrected chi connectivity index (χ0v) is 19.2. The van der Waals surface area contributed by atoms with Crippen molar-refractivity contribution >= 4 is 5.65 Å². The number of benzene rings is 1. The van der Waals surface area contributed by atoms with E-state index in [-0.39, 0.29) is 0 Å². The van der Waals surface area contributed by atoms with Crippen LogP contribution in [0, 0.1) is 25.7 Å². The summed E-state index contributed by atoms with van der Waals surface area (Å²) in [6.45, 7) is 8.25. The molecule has 2 saturated heterocycles. The molecular weight excluding hydrogens is 416 g/mol. The van der Waals surface area contributed by atoms with Gasteiger partial charge in [0.1, 0.15) is 23.5 Å². The van der Waals surface area contributed by atoms with Crippen LogP contribution >= 0.6 is 0 Å². The van der Waals surface area contributed by atoms with Crippen molar-refractivity contribution in [1.29, 1.82) is 0 Å². The standard InChI is InChI=1S/C25H28N6O2/c1-16-9-21(32-13-17(2)19-7-5-4-6-8-19)11-31-23(16)27-24(29-31)25-10-20(14-33-25)22(25)12-30-15-26-18(3)28-30/h4-9,11,15,17,20,22H,10,12-14H2,1-3H3/t17-,20?,22?,25?/m0/s1. The number of aromatic nitrogens is 6. The Balaban J connectivity index is 1.24. The van der Waals surface area contributed by atoms with Crippen molar-refractivity contribution in [3.8, 4) is 5.75 Å². The molecule has 33 heavy (non-hydrogen) atoms. The van der Waals surface area contributed by atoms with E-state index in [4.69, 9.17) is 19.6 Å². The van der Waals surface area contributed by atoms with Gasteiger partial charge in [0.15, 0.2) is 11.5 Å². The maximum Gasteiger partial charge on any atom is 0.183 e. The summed E-state index contributed by atoms with van der Waals surface area (Å²) in [4.78, 5) is 9.17. The van der Waals surface area contributed by atoms with Crippen LogP contribution in [-0.2, 0) is 16.9 Å². The molecule has 1 saturated carbocycles. The van der Waals surface area contributed by atoms with Crippen LogP contribution in [0.4, 0.5) is 0 Å². The van der Waals surface area contributed by atoms with Crippen LogP contribution in [-0.4, -0.2) is 42.6 Å². The van der Waals surface area contributed by atoms with Crippen molar-refractivity contribution in [1.82, 2.24) is 29.4 Å². The fourth-order valence-electron chi connectivity index (χ4n) is 5.27. The second-order valence-corrected chi connectivity index (χ2v) is 9.47. The highest BCUT2D eigenvalue weighted by molar-refractivity contribution is 5.50. The lowest BCUT2D eigenvalue weighted by Gasteiger charge is -2.42. The zero-order valence-electron chi connectivity index (χ0n) is 19.2. The third kappa shape index (κ3) is 3.40. The average Bonchev–Trinajstić information content (AvgIpc) is 3.59. The number of aryl methyl sites for hydroxylation is 2. The topological polar surface area (TPSA) is 79.4 Å². The predicted molar refractivity (Wildman–Crippen MR) is 122 cm³/mol. The van der Waals surface area contributed by atoms with Crippen LogP contribution in [0.1, 0.15) is 42.0 Å². The summed E-state index contributed by atoms with van der Waals surface area (Å²) in [6.07, 6.45) is 4.68. The zero-order chi connectivity index (χ0) is 22.6. The van der Waals surface area contributed by atoms with E-state index in [0.29, 0.717) is 24.4 Å². The number of hydrogen-bond acceptors (Lipinski definition) is 6. The summed E-state index contributed by atoms with van der Waals surface area (Å²) < 4.78 is 16.2. The summed E-state index contributed by atoms with van der Waals surface area (Å²) >= 11 is 0. The fraction of sp³-hybridized carbons (Fsp3) is 0.440. The van der Waals surface area contributed by atoms with Gasteiger partial charge < -0.3 is 9.47 Å². The van der Waals surface area contributed by atoms with E-state index < -0.39 is 5.60 Å². The van der Waals surface area contributed by atoms with Crippen molar-refractivity contribution in [3.63, 3.8) is 0 Å². The molecule has 3 fully saturated rings. The van der Waals surface area contributed by atoms with Gasteiger partial charge in [-0.05, 0) is 43.4 Å². The van der Waals surface area contributed by atoms with Gasteiger partial charge in [0.05, 0.1) is 19.4 Å². The predicted octanol–water partition coefficient (Wildman–Crippen LogP) is 3.68. The first-order valence-corrected chi connectivity index (χ1v) is 11.6. The molecule has 3 aliphatic rings. The molecule has 2 aliphatic heterocycles. The van der Waals surface area contributed by atoms with Gasteiger partial charge in [-0.25, -0.2) is 14.5 Å². The van der Waals surface area contributed by atoms with Crippen LogP contribution < -0.4 is 4.74 Å². The van der Waals surface area contributed by atoms with Crippen LogP contribution in [0.2, 0.25) is 0 Å². The summed E-state index contributed by atoms with van der Waals surface area (Å²) in [5, 5.41) is 9.33. The smallest absolute Gasteiger partial charge is 0.183 e. The minimum atomic E-state index is -0.439. The molecule has 1 aliphatic carbocycles. The van der Waals surface area contributed by atoms with Gasteiger partial charge in [-0.1, -0.05) is 37.3 Å². The first kappa shape index (κ1) is 20.4. The Kier molecular flexibility index (Phi) is 4.72. The summed E-state index contributed by atoms with van der Waals surface area (Å²) in [7, 11) is 0. The van der Waals surface area contributed by atoms with Crippen LogP contribution in [0.5, 0.6) is 5.75 Å². The number of nitrogens with zero attached hydrogens (tertiary/aromatic N) is 6. The van der Waals surface area contributed by atoms with Crippen molar-refractivity contribution < 1.29 is 9.47 Å². The van der Waals surface area contributed by atoms with Crippen molar-refractivity contribution in [2.75, 3.05) is 13.2 Å². The van der Waals surface area contributed by atoms with E-state index in [9.17, 15) is 0 Å². The first-order chi connectivity index (χ1) is 16.0. The minimum Gasteiger partial charge on any atom is -0.491 e. The maximum absolute atomic E-state index is 6.29. The Hall–Kier alpha value is -3.26. The average molecular weight is 445 g/mol. The van der Waals surface area contributed by atoms with Crippen molar-refractivity contribution in [2.24, 2.45) is 11.8 Å². The Morgan fingerprint density at radius 2 is 2.06 bits per heavy atom. The molecule has 8 heteroatoms. The molecule has 4 atom stereocenters. The quantitative estimate of drug-likeness (QED) is 0.433. The molecule has 7 rings (SSSR count). The van der Waals surface area contributed by atoms with E-state index >= 15 is 0 Å². The van der Waals surface area contributed by atoms with Crippen LogP contribution in [0.15, 0.2) is 48.9 Å². The lowest BCUT2D eigenvalue weighted by Crippen LogP contribution is -2.48. The first-order valence-electron chi connectivity index (χ1n) is 11.6. The molecule has 0 amide bonds. The number of fused-ring (bicyclic) bond motifs is 2. The van der Waals surface area contributed by atoms with E-state index in [0.717, 1.165) is 48.2 Å². The SMILES string of the molecule is Cc1ncn(CC2C3COC2(c2nc4c(C)cc(OC[C@H](C)c5ccccc5)cn4n2)C3)n1. The number of ether oxygens (including phenoxy) is 2. The molecule has 3 aromatic heterocycles. The molecule has 0 N–H and O–H groups in total. The largest absolute Gasteiger partial charge is 0.491 e. The highest BCUT2D eigenvalue weighted by atomic mass is 16.5. The van der Waals surface area contributed by atoms with Gasteiger partial charge in [-0.3, -0.25) is 4.68 Å². The van der Waals surface area contributed by atoms with Gasteiger partial charge in [0, 0.05) is 18.4 Å². The maximum atomic E-state index is 6.29. The van der Waals surface area contributed by atoms with E-state index in [1.807, 2.05) is 41.4 Å². The third-order valence-electron chi connectivity index (χ3n) is 7.16. The highest BCUT2D eigenvalue weighted by Gasteiger charge is 2.64. The van der Waals surface area contributed by atoms with E-state index in [1.165, 1.54) is 5.56 Å². The molecule has 4 aromatic rings. The molecule has 8 nitrogen and oxygen atoms in total. The summed E-state index contributed by atoms with van der Waals surface area (Å²) in [5.41, 5.74) is 2.71. The normalized spacial score (nSPS) is 24.7. The third-order valence-corrected chi connectivity index (χ3v) is 7.16. The molecular formula is C25H28N6O2. The van der Waals surface area contributed by atoms with Crippen molar-refractivity contribution in [3.05, 3.63) is 71.7 Å². The molecule has 3 unspecified atom stereocenters. The lowest BCUT2D eigenvalue weighted by molar-refractivity contribution is -0.0724. The minimum absolute atomic E-state index is 0.298. The fourth-order valence-corrected chi connectivity index (χ4v) is 5.27. The Morgan fingerprint density at radius 3 is 2.82 bits per heavy atom. The Labute approximate surface area is 192 Å². The van der Waals surface area contributed by atoms with Crippen LogP contribution in [0.3, 0.4) is 0 Å². The van der Waals surface area contributed by atoms with Gasteiger partial charge in [-0.2, -0.15) is 5.10 Å². The second kappa shape index (κ2) is 7.66. The molecule has 0 spiro atoms. The summed E-state index contributed by atoms with van der Waals surface area (Å²) in [6, 6.07) is 12.5. The highest BCUT2D eigenvalue weighted by Crippen LogP contribution is 2.59. The second-order valence-electron chi connectivity index (χ2n) is 9.47. The van der Waals surface area contributed by atoms with Gasteiger partial charge in [-0.15, -0.1) is 5.10 Å². The molecule has 5 heterocycles.